The van der Waals surface area contributed by atoms with E-state index in [9.17, 15) is 9.59 Å². The van der Waals surface area contributed by atoms with E-state index >= 15 is 0 Å². The van der Waals surface area contributed by atoms with Crippen LogP contribution in [0.2, 0.25) is 5.02 Å². The Bertz CT molecular complexity index is 899. The van der Waals surface area contributed by atoms with Crippen LogP contribution in [0, 0.1) is 5.92 Å². The number of ether oxygens (including phenoxy) is 1. The number of halogens is 1. The zero-order valence-electron chi connectivity index (χ0n) is 13.7. The molecular formula is C18H14ClN3O3S. The van der Waals surface area contributed by atoms with Crippen molar-refractivity contribution >= 4 is 58.3 Å². The number of thiocarbonyl (C=S) groups is 1. The van der Waals surface area contributed by atoms with Crippen LogP contribution in [0.25, 0.3) is 0 Å². The summed E-state index contributed by atoms with van der Waals surface area (Å²) in [5.41, 5.74) is 1.08. The molecule has 2 aromatic rings. The molecule has 1 atom stereocenters. The molecule has 0 unspecified atom stereocenters. The van der Waals surface area contributed by atoms with E-state index in [0.717, 1.165) is 0 Å². The first-order valence-corrected chi connectivity index (χ1v) is 8.41. The molecule has 8 heteroatoms. The number of nitrogens with zero attached hydrogens (tertiary/aromatic N) is 2. The molecule has 1 saturated heterocycles. The van der Waals surface area contributed by atoms with Gasteiger partial charge in [0.15, 0.2) is 11.0 Å². The van der Waals surface area contributed by atoms with Gasteiger partial charge in [-0.05, 0) is 48.6 Å². The number of hydrogen-bond donors (Lipinski definition) is 1. The van der Waals surface area contributed by atoms with E-state index < -0.39 is 17.7 Å². The molecule has 6 nitrogen and oxygen atoms in total. The van der Waals surface area contributed by atoms with Crippen molar-refractivity contribution in [2.75, 3.05) is 12.0 Å². The Kier molecular flexibility index (Phi) is 5.29. The van der Waals surface area contributed by atoms with Gasteiger partial charge in [0.05, 0.1) is 18.5 Å². The lowest BCUT2D eigenvalue weighted by Gasteiger charge is -2.30. The molecule has 0 bridgehead atoms. The van der Waals surface area contributed by atoms with Gasteiger partial charge in [0, 0.05) is 17.3 Å². The normalized spacial score (nSPS) is 17.5. The number of carbonyl (C=O) groups is 2. The Morgan fingerprint density at radius 2 is 1.96 bits per heavy atom. The lowest BCUT2D eigenvalue weighted by Crippen LogP contribution is -2.58. The highest BCUT2D eigenvalue weighted by atomic mass is 35.5. The quantitative estimate of drug-likeness (QED) is 0.497. The lowest BCUT2D eigenvalue weighted by molar-refractivity contribution is -0.130. The highest BCUT2D eigenvalue weighted by Gasteiger charge is 2.38. The van der Waals surface area contributed by atoms with Gasteiger partial charge in [0.1, 0.15) is 5.75 Å². The number of nitrogens with one attached hydrogen (secondary N) is 1. The largest absolute Gasteiger partial charge is 0.497 e. The van der Waals surface area contributed by atoms with Gasteiger partial charge >= 0.3 is 0 Å². The van der Waals surface area contributed by atoms with Crippen LogP contribution in [0.3, 0.4) is 0 Å². The van der Waals surface area contributed by atoms with Gasteiger partial charge in [-0.3, -0.25) is 19.5 Å². The number of rotatable bonds is 4. The van der Waals surface area contributed by atoms with Crippen molar-refractivity contribution in [3.8, 4) is 5.75 Å². The molecule has 0 aromatic heterocycles. The molecule has 1 fully saturated rings. The summed E-state index contributed by atoms with van der Waals surface area (Å²) in [6, 6.07) is 13.6. The van der Waals surface area contributed by atoms with Gasteiger partial charge < -0.3 is 10.1 Å². The summed E-state index contributed by atoms with van der Waals surface area (Å²) in [4.78, 5) is 30.5. The van der Waals surface area contributed by atoms with E-state index in [-0.39, 0.29) is 5.11 Å². The molecule has 1 aliphatic rings. The standard InChI is InChI=1S/C18H14ClN3O3S/c1-25-14-4-2-3-12(9-14)20-10-15-16(23)21-18(26)22(17(15)24)13-7-5-11(19)6-8-13/h2-10,15H,1H3,(H,21,23,26)/t15-/m0/s1. The fraction of sp³-hybridized carbons (Fsp3) is 0.111. The second-order valence-electron chi connectivity index (χ2n) is 5.40. The summed E-state index contributed by atoms with van der Waals surface area (Å²) >= 11 is 11.0. The Hall–Kier alpha value is -2.77. The third-order valence-corrected chi connectivity index (χ3v) is 4.25. The zero-order chi connectivity index (χ0) is 18.7. The smallest absolute Gasteiger partial charge is 0.251 e. The first-order chi connectivity index (χ1) is 12.5. The number of benzene rings is 2. The monoisotopic (exact) mass is 387 g/mol. The Labute approximate surface area is 160 Å². The van der Waals surface area contributed by atoms with Gasteiger partial charge in [-0.25, -0.2) is 0 Å². The molecule has 3 rings (SSSR count). The number of hydrogen-bond acceptors (Lipinski definition) is 5. The highest BCUT2D eigenvalue weighted by Crippen LogP contribution is 2.23. The van der Waals surface area contributed by atoms with E-state index in [2.05, 4.69) is 10.3 Å². The third kappa shape index (κ3) is 3.74. The maximum Gasteiger partial charge on any atom is 0.251 e. The average molecular weight is 388 g/mol. The van der Waals surface area contributed by atoms with Crippen molar-refractivity contribution in [1.82, 2.24) is 5.32 Å². The summed E-state index contributed by atoms with van der Waals surface area (Å²) in [6.07, 6.45) is 1.30. The lowest BCUT2D eigenvalue weighted by atomic mass is 10.1. The molecule has 0 spiro atoms. The predicted octanol–water partition coefficient (Wildman–Crippen LogP) is 3.12. The predicted molar refractivity (Wildman–Crippen MR) is 104 cm³/mol. The molecule has 0 saturated carbocycles. The number of methoxy groups -OCH3 is 1. The highest BCUT2D eigenvalue weighted by molar-refractivity contribution is 7.80. The minimum absolute atomic E-state index is 0.0216. The second kappa shape index (κ2) is 7.63. The SMILES string of the molecule is COc1cccc(N=C[C@H]2C(=O)NC(=S)N(c3ccc(Cl)cc3)C2=O)c1. The molecule has 132 valence electrons. The minimum Gasteiger partial charge on any atom is -0.497 e. The summed E-state index contributed by atoms with van der Waals surface area (Å²) in [6.45, 7) is 0. The van der Waals surface area contributed by atoms with Crippen molar-refractivity contribution in [1.29, 1.82) is 0 Å². The van der Waals surface area contributed by atoms with Crippen molar-refractivity contribution < 1.29 is 14.3 Å². The molecule has 2 aromatic carbocycles. The Morgan fingerprint density at radius 3 is 2.65 bits per heavy atom. The molecule has 0 aliphatic carbocycles. The van der Waals surface area contributed by atoms with Gasteiger partial charge in [-0.2, -0.15) is 0 Å². The molecular weight excluding hydrogens is 374 g/mol. The van der Waals surface area contributed by atoms with Crippen LogP contribution < -0.4 is 15.0 Å². The minimum atomic E-state index is -1.09. The first kappa shape index (κ1) is 18.0. The van der Waals surface area contributed by atoms with Crippen LogP contribution in [0.1, 0.15) is 0 Å². The zero-order valence-corrected chi connectivity index (χ0v) is 15.3. The van der Waals surface area contributed by atoms with Crippen LogP contribution in [-0.2, 0) is 9.59 Å². The van der Waals surface area contributed by atoms with Crippen molar-refractivity contribution in [2.24, 2.45) is 10.9 Å². The van der Waals surface area contributed by atoms with Crippen LogP contribution in [0.5, 0.6) is 5.75 Å². The molecule has 2 amide bonds. The Balaban J connectivity index is 1.87. The van der Waals surface area contributed by atoms with Crippen LogP contribution in [0.4, 0.5) is 11.4 Å². The van der Waals surface area contributed by atoms with Gasteiger partial charge in [-0.1, -0.05) is 17.7 Å². The summed E-state index contributed by atoms with van der Waals surface area (Å²) in [7, 11) is 1.55. The molecule has 1 aliphatic heterocycles. The van der Waals surface area contributed by atoms with Crippen LogP contribution in [0.15, 0.2) is 53.5 Å². The van der Waals surface area contributed by atoms with E-state index in [1.165, 1.54) is 11.1 Å². The fourth-order valence-electron chi connectivity index (χ4n) is 2.41. The molecule has 1 heterocycles. The second-order valence-corrected chi connectivity index (χ2v) is 6.22. The van der Waals surface area contributed by atoms with Crippen molar-refractivity contribution in [3.63, 3.8) is 0 Å². The molecule has 26 heavy (non-hydrogen) atoms. The summed E-state index contributed by atoms with van der Waals surface area (Å²) < 4.78 is 5.13. The number of carbonyl (C=O) groups excluding carboxylic acids is 2. The van der Waals surface area contributed by atoms with Crippen molar-refractivity contribution in [3.05, 3.63) is 53.6 Å². The topological polar surface area (TPSA) is 71.0 Å². The maximum absolute atomic E-state index is 12.8. The van der Waals surface area contributed by atoms with E-state index in [1.54, 1.807) is 55.6 Å². The number of aliphatic imine (C=N–C) groups is 1. The van der Waals surface area contributed by atoms with Gasteiger partial charge in [0.25, 0.3) is 5.91 Å². The summed E-state index contributed by atoms with van der Waals surface area (Å²) in [5.74, 6) is -1.46. The summed E-state index contributed by atoms with van der Waals surface area (Å²) in [5, 5.41) is 3.08. The van der Waals surface area contributed by atoms with Crippen LogP contribution >= 0.6 is 23.8 Å². The van der Waals surface area contributed by atoms with E-state index in [0.29, 0.717) is 22.1 Å². The van der Waals surface area contributed by atoms with E-state index in [1.807, 2.05) is 0 Å². The maximum atomic E-state index is 12.8. The fourth-order valence-corrected chi connectivity index (χ4v) is 2.83. The van der Waals surface area contributed by atoms with Gasteiger partial charge in [-0.15, -0.1) is 0 Å². The number of amides is 2. The Morgan fingerprint density at radius 1 is 1.23 bits per heavy atom. The average Bonchev–Trinajstić information content (AvgIpc) is 2.63. The molecule has 0 radical (unpaired) electrons. The van der Waals surface area contributed by atoms with E-state index in [4.69, 9.17) is 28.6 Å². The van der Waals surface area contributed by atoms with Crippen molar-refractivity contribution in [2.45, 2.75) is 0 Å². The van der Waals surface area contributed by atoms with Crippen LogP contribution in [-0.4, -0.2) is 30.3 Å². The van der Waals surface area contributed by atoms with Gasteiger partial charge in [0.2, 0.25) is 5.91 Å². The number of anilines is 1. The third-order valence-electron chi connectivity index (χ3n) is 3.71. The first-order valence-electron chi connectivity index (χ1n) is 7.62. The molecule has 1 N–H and O–H groups in total.